The molecule has 0 aromatic rings. The van der Waals surface area contributed by atoms with Gasteiger partial charge in [0.05, 0.1) is 39.6 Å². The lowest BCUT2D eigenvalue weighted by atomic mass is 10.6. The summed E-state index contributed by atoms with van der Waals surface area (Å²) < 4.78 is 31.4. The average Bonchev–Trinajstić information content (AvgIpc) is 2.26. The van der Waals surface area contributed by atoms with Crippen LogP contribution >= 0.6 is 0 Å². The molecule has 0 saturated heterocycles. The third-order valence-electron chi connectivity index (χ3n) is 1.49. The Labute approximate surface area is 93.2 Å². The molecule has 0 amide bonds. The summed E-state index contributed by atoms with van der Waals surface area (Å²) in [5, 5.41) is 8.13. The SMILES string of the molecule is COCCOCCOCCOC(F)C(=O)O. The van der Waals surface area contributed by atoms with E-state index in [1.165, 1.54) is 0 Å². The zero-order valence-corrected chi connectivity index (χ0v) is 9.19. The Hall–Kier alpha value is -0.760. The van der Waals surface area contributed by atoms with E-state index in [4.69, 9.17) is 19.3 Å². The molecule has 0 aromatic heterocycles. The van der Waals surface area contributed by atoms with E-state index in [1.807, 2.05) is 0 Å². The zero-order valence-electron chi connectivity index (χ0n) is 9.19. The number of rotatable bonds is 11. The molecule has 1 N–H and O–H groups in total. The fourth-order valence-corrected chi connectivity index (χ4v) is 0.746. The van der Waals surface area contributed by atoms with Crippen LogP contribution in [0.2, 0.25) is 0 Å². The monoisotopic (exact) mass is 240 g/mol. The quantitative estimate of drug-likeness (QED) is 0.515. The summed E-state index contributed by atoms with van der Waals surface area (Å²) >= 11 is 0. The molecule has 0 spiro atoms. The number of methoxy groups -OCH3 is 1. The summed E-state index contributed by atoms with van der Waals surface area (Å²) in [6.07, 6.45) is -2.29. The van der Waals surface area contributed by atoms with E-state index in [-0.39, 0.29) is 13.2 Å². The highest BCUT2D eigenvalue weighted by Crippen LogP contribution is 1.93. The van der Waals surface area contributed by atoms with Gasteiger partial charge in [-0.25, -0.2) is 9.18 Å². The second-order valence-electron chi connectivity index (χ2n) is 2.74. The standard InChI is InChI=1S/C9H17FO6/c1-13-2-3-14-4-5-15-6-7-16-8(10)9(11)12/h8H,2-7H2,1H3,(H,11,12). The minimum atomic E-state index is -2.29. The van der Waals surface area contributed by atoms with Crippen LogP contribution in [0.5, 0.6) is 0 Å². The van der Waals surface area contributed by atoms with Crippen molar-refractivity contribution in [3.05, 3.63) is 0 Å². The van der Waals surface area contributed by atoms with Gasteiger partial charge in [0, 0.05) is 7.11 Å². The van der Waals surface area contributed by atoms with Crippen LogP contribution in [0, 0.1) is 0 Å². The van der Waals surface area contributed by atoms with Crippen LogP contribution in [0.3, 0.4) is 0 Å². The van der Waals surface area contributed by atoms with Gasteiger partial charge in [0.25, 0.3) is 6.36 Å². The predicted octanol–water partition coefficient (Wildman–Crippen LogP) is 0.0628. The maximum absolute atomic E-state index is 12.3. The first-order valence-electron chi connectivity index (χ1n) is 4.81. The molecule has 7 heteroatoms. The van der Waals surface area contributed by atoms with Crippen molar-refractivity contribution in [1.82, 2.24) is 0 Å². The van der Waals surface area contributed by atoms with Gasteiger partial charge in [0.15, 0.2) is 0 Å². The molecule has 6 nitrogen and oxygen atoms in total. The Morgan fingerprint density at radius 3 is 2.12 bits per heavy atom. The Bertz CT molecular complexity index is 177. The summed E-state index contributed by atoms with van der Waals surface area (Å²) in [5.74, 6) is -1.64. The van der Waals surface area contributed by atoms with Crippen LogP contribution < -0.4 is 0 Å². The Kier molecular flexibility index (Phi) is 10.2. The highest BCUT2D eigenvalue weighted by molar-refractivity contribution is 5.70. The number of hydrogen-bond acceptors (Lipinski definition) is 5. The van der Waals surface area contributed by atoms with Gasteiger partial charge in [-0.2, -0.15) is 0 Å². The third kappa shape index (κ3) is 9.78. The van der Waals surface area contributed by atoms with Crippen molar-refractivity contribution in [1.29, 1.82) is 0 Å². The van der Waals surface area contributed by atoms with Gasteiger partial charge in [-0.3, -0.25) is 0 Å². The zero-order chi connectivity index (χ0) is 12.2. The van der Waals surface area contributed by atoms with Gasteiger partial charge in [0.2, 0.25) is 0 Å². The topological polar surface area (TPSA) is 74.2 Å². The van der Waals surface area contributed by atoms with Gasteiger partial charge < -0.3 is 24.1 Å². The number of alkyl halides is 1. The van der Waals surface area contributed by atoms with Crippen LogP contribution in [0.15, 0.2) is 0 Å². The van der Waals surface area contributed by atoms with E-state index < -0.39 is 12.3 Å². The van der Waals surface area contributed by atoms with Crippen LogP contribution in [0.1, 0.15) is 0 Å². The van der Waals surface area contributed by atoms with E-state index in [2.05, 4.69) is 4.74 Å². The molecule has 1 atom stereocenters. The normalized spacial score (nSPS) is 12.6. The van der Waals surface area contributed by atoms with E-state index in [0.717, 1.165) is 0 Å². The number of carbonyl (C=O) groups is 1. The second-order valence-corrected chi connectivity index (χ2v) is 2.74. The van der Waals surface area contributed by atoms with Crippen LogP contribution in [-0.4, -0.2) is 64.2 Å². The van der Waals surface area contributed by atoms with Gasteiger partial charge in [-0.05, 0) is 0 Å². The molecule has 96 valence electrons. The molecule has 0 rings (SSSR count). The first-order valence-corrected chi connectivity index (χ1v) is 4.81. The molecular weight excluding hydrogens is 223 g/mol. The molecule has 0 aliphatic rings. The number of halogens is 1. The summed E-state index contributed by atoms with van der Waals surface area (Å²) in [6.45, 7) is 1.78. The van der Waals surface area contributed by atoms with Gasteiger partial charge in [-0.15, -0.1) is 0 Å². The molecular formula is C9H17FO6. The van der Waals surface area contributed by atoms with Crippen LogP contribution in [-0.2, 0) is 23.7 Å². The molecule has 0 radical (unpaired) electrons. The van der Waals surface area contributed by atoms with Crippen molar-refractivity contribution in [3.8, 4) is 0 Å². The van der Waals surface area contributed by atoms with E-state index in [9.17, 15) is 9.18 Å². The minimum Gasteiger partial charge on any atom is -0.477 e. The smallest absolute Gasteiger partial charge is 0.366 e. The van der Waals surface area contributed by atoms with Gasteiger partial charge >= 0.3 is 5.97 Å². The van der Waals surface area contributed by atoms with Crippen molar-refractivity contribution in [3.63, 3.8) is 0 Å². The summed E-state index contributed by atoms with van der Waals surface area (Å²) in [4.78, 5) is 9.99. The molecule has 0 aromatic carbocycles. The van der Waals surface area contributed by atoms with Crippen molar-refractivity contribution in [2.45, 2.75) is 6.36 Å². The first-order chi connectivity index (χ1) is 7.68. The van der Waals surface area contributed by atoms with Crippen molar-refractivity contribution in [2.75, 3.05) is 46.8 Å². The third-order valence-corrected chi connectivity index (χ3v) is 1.49. The van der Waals surface area contributed by atoms with Crippen molar-refractivity contribution < 1.29 is 33.2 Å². The molecule has 0 bridgehead atoms. The highest BCUT2D eigenvalue weighted by atomic mass is 19.1. The number of carboxylic acid groups (broad SMARTS) is 1. The lowest BCUT2D eigenvalue weighted by molar-refractivity contribution is -0.164. The molecule has 0 heterocycles. The highest BCUT2D eigenvalue weighted by Gasteiger charge is 2.14. The molecule has 16 heavy (non-hydrogen) atoms. The predicted molar refractivity (Wildman–Crippen MR) is 52.0 cm³/mol. The fourth-order valence-electron chi connectivity index (χ4n) is 0.746. The maximum Gasteiger partial charge on any atom is 0.366 e. The summed E-state index contributed by atoms with van der Waals surface area (Å²) in [6, 6.07) is 0. The number of aliphatic carboxylic acids is 1. The van der Waals surface area contributed by atoms with Crippen molar-refractivity contribution in [2.24, 2.45) is 0 Å². The number of hydrogen-bond donors (Lipinski definition) is 1. The molecule has 0 fully saturated rings. The Morgan fingerprint density at radius 1 is 1.12 bits per heavy atom. The fraction of sp³-hybridized carbons (Fsp3) is 0.889. The van der Waals surface area contributed by atoms with Gasteiger partial charge in [-0.1, -0.05) is 0 Å². The Morgan fingerprint density at radius 2 is 1.62 bits per heavy atom. The number of ether oxygens (including phenoxy) is 4. The lowest BCUT2D eigenvalue weighted by Gasteiger charge is -2.07. The van der Waals surface area contributed by atoms with Crippen LogP contribution in [0.4, 0.5) is 4.39 Å². The second kappa shape index (κ2) is 10.7. The molecule has 0 saturated carbocycles. The minimum absolute atomic E-state index is 0.106. The average molecular weight is 240 g/mol. The molecule has 1 unspecified atom stereocenters. The van der Waals surface area contributed by atoms with E-state index in [0.29, 0.717) is 26.4 Å². The van der Waals surface area contributed by atoms with Crippen molar-refractivity contribution >= 4 is 5.97 Å². The lowest BCUT2D eigenvalue weighted by Crippen LogP contribution is -2.21. The van der Waals surface area contributed by atoms with Gasteiger partial charge in [0.1, 0.15) is 0 Å². The summed E-state index contributed by atoms with van der Waals surface area (Å²) in [7, 11) is 1.58. The summed E-state index contributed by atoms with van der Waals surface area (Å²) in [5.41, 5.74) is 0. The van der Waals surface area contributed by atoms with E-state index in [1.54, 1.807) is 7.11 Å². The molecule has 0 aliphatic heterocycles. The number of carboxylic acids is 1. The first kappa shape index (κ1) is 15.2. The van der Waals surface area contributed by atoms with E-state index >= 15 is 0 Å². The van der Waals surface area contributed by atoms with Crippen LogP contribution in [0.25, 0.3) is 0 Å². The Balaban J connectivity index is 3.07. The largest absolute Gasteiger partial charge is 0.477 e. The maximum atomic E-state index is 12.3. The molecule has 0 aliphatic carbocycles.